The van der Waals surface area contributed by atoms with Gasteiger partial charge in [-0.3, -0.25) is 0 Å². The van der Waals surface area contributed by atoms with E-state index in [9.17, 15) is 9.18 Å². The van der Waals surface area contributed by atoms with Crippen LogP contribution in [0.1, 0.15) is 16.8 Å². The fourth-order valence-electron chi connectivity index (χ4n) is 0.935. The molecule has 0 saturated heterocycles. The highest BCUT2D eigenvalue weighted by Crippen LogP contribution is 2.15. The number of halogens is 2. The first kappa shape index (κ1) is 11.7. The second kappa shape index (κ2) is 5.52. The molecule has 0 heterocycles. The maximum absolute atomic E-state index is 13.2. The van der Waals surface area contributed by atoms with Crippen molar-refractivity contribution < 1.29 is 13.9 Å². The zero-order valence-corrected chi connectivity index (χ0v) is 9.38. The quantitative estimate of drug-likeness (QED) is 0.480. The summed E-state index contributed by atoms with van der Waals surface area (Å²) in [5, 5.41) is 0. The van der Waals surface area contributed by atoms with Gasteiger partial charge in [-0.15, -0.1) is 12.3 Å². The molecule has 1 aromatic rings. The van der Waals surface area contributed by atoms with Gasteiger partial charge in [0.2, 0.25) is 0 Å². The average Bonchev–Trinajstić information content (AvgIpc) is 2.17. The Labute approximate surface area is 95.6 Å². The van der Waals surface area contributed by atoms with Gasteiger partial charge in [0.25, 0.3) is 0 Å². The number of esters is 1. The standard InChI is InChI=1S/C11H8BrFO2/c1-2-3-6-15-11(14)9-5-4-8(12)7-10(9)13/h1,4-5,7H,3,6H2. The van der Waals surface area contributed by atoms with Crippen molar-refractivity contribution in [3.05, 3.63) is 34.1 Å². The summed E-state index contributed by atoms with van der Waals surface area (Å²) in [6.45, 7) is 0.102. The predicted molar refractivity (Wildman–Crippen MR) is 57.8 cm³/mol. The Morgan fingerprint density at radius 1 is 1.60 bits per heavy atom. The summed E-state index contributed by atoms with van der Waals surface area (Å²) in [5.74, 6) is 1.01. The van der Waals surface area contributed by atoms with Crippen molar-refractivity contribution >= 4 is 21.9 Å². The van der Waals surface area contributed by atoms with Crippen molar-refractivity contribution in [3.63, 3.8) is 0 Å². The fourth-order valence-corrected chi connectivity index (χ4v) is 1.27. The van der Waals surface area contributed by atoms with Crippen LogP contribution in [0.15, 0.2) is 22.7 Å². The van der Waals surface area contributed by atoms with Crippen molar-refractivity contribution in [1.29, 1.82) is 0 Å². The minimum Gasteiger partial charge on any atom is -0.461 e. The van der Waals surface area contributed by atoms with Crippen LogP contribution in [-0.4, -0.2) is 12.6 Å². The Morgan fingerprint density at radius 2 is 2.33 bits per heavy atom. The Hall–Kier alpha value is -1.34. The van der Waals surface area contributed by atoms with Crippen LogP contribution in [0.25, 0.3) is 0 Å². The smallest absolute Gasteiger partial charge is 0.341 e. The SMILES string of the molecule is C#CCCOC(=O)c1ccc(Br)cc1F. The van der Waals surface area contributed by atoms with E-state index in [0.717, 1.165) is 0 Å². The lowest BCUT2D eigenvalue weighted by Crippen LogP contribution is -2.08. The number of terminal acetylenes is 1. The van der Waals surface area contributed by atoms with E-state index in [1.54, 1.807) is 6.07 Å². The van der Waals surface area contributed by atoms with Gasteiger partial charge in [0.1, 0.15) is 12.4 Å². The molecule has 1 rings (SSSR count). The molecule has 1 aromatic carbocycles. The molecular weight excluding hydrogens is 263 g/mol. The Bertz CT molecular complexity index is 410. The van der Waals surface area contributed by atoms with E-state index in [2.05, 4.69) is 21.9 Å². The van der Waals surface area contributed by atoms with Gasteiger partial charge in [-0.25, -0.2) is 9.18 Å². The van der Waals surface area contributed by atoms with Crippen LogP contribution in [0.3, 0.4) is 0 Å². The minimum atomic E-state index is -0.699. The van der Waals surface area contributed by atoms with Crippen LogP contribution >= 0.6 is 15.9 Å². The van der Waals surface area contributed by atoms with E-state index < -0.39 is 11.8 Å². The van der Waals surface area contributed by atoms with Crippen LogP contribution in [0, 0.1) is 18.2 Å². The number of hydrogen-bond donors (Lipinski definition) is 0. The first-order chi connectivity index (χ1) is 7.15. The first-order valence-corrected chi connectivity index (χ1v) is 5.00. The molecule has 78 valence electrons. The molecule has 0 unspecified atom stereocenters. The summed E-state index contributed by atoms with van der Waals surface area (Å²) in [6.07, 6.45) is 5.30. The van der Waals surface area contributed by atoms with Crippen molar-refractivity contribution in [2.24, 2.45) is 0 Å². The van der Waals surface area contributed by atoms with Gasteiger partial charge in [0.15, 0.2) is 0 Å². The van der Waals surface area contributed by atoms with Gasteiger partial charge in [0, 0.05) is 10.9 Å². The van der Waals surface area contributed by atoms with Crippen LogP contribution in [0.2, 0.25) is 0 Å². The fraction of sp³-hybridized carbons (Fsp3) is 0.182. The van der Waals surface area contributed by atoms with Crippen molar-refractivity contribution in [3.8, 4) is 12.3 Å². The van der Waals surface area contributed by atoms with Crippen molar-refractivity contribution in [2.45, 2.75) is 6.42 Å². The van der Waals surface area contributed by atoms with Crippen molar-refractivity contribution in [2.75, 3.05) is 6.61 Å². The largest absolute Gasteiger partial charge is 0.461 e. The minimum absolute atomic E-state index is 0.0878. The highest BCUT2D eigenvalue weighted by molar-refractivity contribution is 9.10. The first-order valence-electron chi connectivity index (χ1n) is 4.21. The predicted octanol–water partition coefficient (Wildman–Crippen LogP) is 2.77. The monoisotopic (exact) mass is 270 g/mol. The number of benzene rings is 1. The van der Waals surface area contributed by atoms with Gasteiger partial charge in [-0.1, -0.05) is 15.9 Å². The Morgan fingerprint density at radius 3 is 2.93 bits per heavy atom. The van der Waals surface area contributed by atoms with E-state index in [1.165, 1.54) is 12.1 Å². The molecule has 0 fully saturated rings. The summed E-state index contributed by atoms with van der Waals surface area (Å²) in [5.41, 5.74) is -0.0878. The van der Waals surface area contributed by atoms with Crippen LogP contribution in [0.5, 0.6) is 0 Å². The highest BCUT2D eigenvalue weighted by Gasteiger charge is 2.12. The highest BCUT2D eigenvalue weighted by atomic mass is 79.9. The number of rotatable bonds is 3. The molecule has 0 saturated carbocycles. The molecule has 0 amide bonds. The van der Waals surface area contributed by atoms with E-state index in [4.69, 9.17) is 11.2 Å². The summed E-state index contributed by atoms with van der Waals surface area (Å²) in [6, 6.07) is 4.14. The molecular formula is C11H8BrFO2. The third kappa shape index (κ3) is 3.37. The molecule has 0 aliphatic rings. The van der Waals surface area contributed by atoms with E-state index in [-0.39, 0.29) is 12.2 Å². The lowest BCUT2D eigenvalue weighted by atomic mass is 10.2. The number of hydrogen-bond acceptors (Lipinski definition) is 2. The molecule has 0 atom stereocenters. The lowest BCUT2D eigenvalue weighted by molar-refractivity contribution is 0.0508. The molecule has 0 spiro atoms. The molecule has 0 N–H and O–H groups in total. The van der Waals surface area contributed by atoms with E-state index in [1.807, 2.05) is 0 Å². The normalized spacial score (nSPS) is 9.40. The molecule has 0 aliphatic heterocycles. The third-order valence-electron chi connectivity index (χ3n) is 1.63. The molecule has 4 heteroatoms. The maximum Gasteiger partial charge on any atom is 0.341 e. The Balaban J connectivity index is 2.70. The maximum atomic E-state index is 13.2. The summed E-state index contributed by atoms with van der Waals surface area (Å²) in [7, 11) is 0. The number of carbonyl (C=O) groups excluding carboxylic acids is 1. The van der Waals surface area contributed by atoms with Gasteiger partial charge in [0.05, 0.1) is 5.56 Å². The second-order valence-electron chi connectivity index (χ2n) is 2.71. The second-order valence-corrected chi connectivity index (χ2v) is 3.63. The van der Waals surface area contributed by atoms with Gasteiger partial charge in [-0.05, 0) is 18.2 Å². The zero-order chi connectivity index (χ0) is 11.3. The van der Waals surface area contributed by atoms with Crippen LogP contribution in [-0.2, 0) is 4.74 Å². The third-order valence-corrected chi connectivity index (χ3v) is 2.12. The summed E-state index contributed by atoms with van der Waals surface area (Å²) < 4.78 is 18.6. The van der Waals surface area contributed by atoms with E-state index in [0.29, 0.717) is 10.9 Å². The zero-order valence-electron chi connectivity index (χ0n) is 7.80. The van der Waals surface area contributed by atoms with Gasteiger partial charge >= 0.3 is 5.97 Å². The molecule has 0 aliphatic carbocycles. The molecule has 2 nitrogen and oxygen atoms in total. The van der Waals surface area contributed by atoms with E-state index >= 15 is 0 Å². The summed E-state index contributed by atoms with van der Waals surface area (Å²) in [4.78, 5) is 11.3. The lowest BCUT2D eigenvalue weighted by Gasteiger charge is -2.03. The molecule has 0 radical (unpaired) electrons. The van der Waals surface area contributed by atoms with Crippen molar-refractivity contribution in [1.82, 2.24) is 0 Å². The molecule has 0 aromatic heterocycles. The van der Waals surface area contributed by atoms with Crippen LogP contribution in [0.4, 0.5) is 4.39 Å². The average molecular weight is 271 g/mol. The number of ether oxygens (including phenoxy) is 1. The summed E-state index contributed by atoms with van der Waals surface area (Å²) >= 11 is 3.09. The molecule has 15 heavy (non-hydrogen) atoms. The Kier molecular flexibility index (Phi) is 4.32. The van der Waals surface area contributed by atoms with Gasteiger partial charge < -0.3 is 4.74 Å². The molecule has 0 bridgehead atoms. The van der Waals surface area contributed by atoms with Gasteiger partial charge in [-0.2, -0.15) is 0 Å². The van der Waals surface area contributed by atoms with Crippen LogP contribution < -0.4 is 0 Å². The number of carbonyl (C=O) groups is 1. The topological polar surface area (TPSA) is 26.3 Å².